The molecule has 1 heterocycles. The van der Waals surface area contributed by atoms with Gasteiger partial charge in [-0.05, 0) is 34.5 Å². The minimum absolute atomic E-state index is 0.174. The van der Waals surface area contributed by atoms with Gasteiger partial charge in [0.15, 0.2) is 0 Å². The number of ether oxygens (including phenoxy) is 6. The van der Waals surface area contributed by atoms with Crippen molar-refractivity contribution in [2.24, 2.45) is 0 Å². The molecule has 0 unspecified atom stereocenters. The Morgan fingerprint density at radius 1 is 0.630 bits per heavy atom. The van der Waals surface area contributed by atoms with E-state index >= 15 is 0 Å². The predicted octanol–water partition coefficient (Wildman–Crippen LogP) is 6.76. The van der Waals surface area contributed by atoms with Crippen LogP contribution in [-0.2, 0) is 54.8 Å². The van der Waals surface area contributed by atoms with Gasteiger partial charge in [-0.15, -0.1) is 6.58 Å². The van der Waals surface area contributed by atoms with Crippen molar-refractivity contribution in [2.45, 2.75) is 57.1 Å². The third-order valence-electron chi connectivity index (χ3n) is 7.45. The Morgan fingerprint density at radius 3 is 1.54 bits per heavy atom. The third kappa shape index (κ3) is 10.3. The van der Waals surface area contributed by atoms with Gasteiger partial charge in [0, 0.05) is 6.54 Å². The average Bonchev–Trinajstić information content (AvgIpc) is 3.10. The van der Waals surface area contributed by atoms with Crippen molar-refractivity contribution in [3.8, 4) is 0 Å². The summed E-state index contributed by atoms with van der Waals surface area (Å²) in [6, 6.07) is 40.0. The van der Waals surface area contributed by atoms with Gasteiger partial charge in [0.2, 0.25) is 6.29 Å². The first kappa shape index (κ1) is 33.5. The lowest BCUT2D eigenvalue weighted by atomic mass is 9.97. The molecule has 7 nitrogen and oxygen atoms in total. The molecule has 0 bridgehead atoms. The molecule has 0 saturated carbocycles. The summed E-state index contributed by atoms with van der Waals surface area (Å²) in [6.45, 7) is 5.86. The molecule has 0 radical (unpaired) electrons. The van der Waals surface area contributed by atoms with Crippen LogP contribution in [0.25, 0.3) is 0 Å². The highest BCUT2D eigenvalue weighted by atomic mass is 32.1. The van der Waals surface area contributed by atoms with E-state index in [1.165, 1.54) is 0 Å². The Kier molecular flexibility index (Phi) is 13.3. The van der Waals surface area contributed by atoms with Crippen LogP contribution in [0.5, 0.6) is 0 Å². The highest BCUT2D eigenvalue weighted by Crippen LogP contribution is 2.31. The fourth-order valence-corrected chi connectivity index (χ4v) is 5.32. The Morgan fingerprint density at radius 2 is 1.07 bits per heavy atom. The molecule has 0 aliphatic carbocycles. The first-order valence-corrected chi connectivity index (χ1v) is 15.9. The Labute approximate surface area is 277 Å². The van der Waals surface area contributed by atoms with Crippen LogP contribution in [0.4, 0.5) is 0 Å². The molecule has 8 heteroatoms. The highest BCUT2D eigenvalue weighted by Gasteiger charge is 2.50. The molecule has 4 aromatic carbocycles. The molecule has 0 aromatic heterocycles. The fourth-order valence-electron chi connectivity index (χ4n) is 5.14. The van der Waals surface area contributed by atoms with E-state index in [1.807, 2.05) is 121 Å². The summed E-state index contributed by atoms with van der Waals surface area (Å²) in [6.07, 6.45) is -1.61. The molecule has 1 aliphatic rings. The van der Waals surface area contributed by atoms with E-state index in [-0.39, 0.29) is 11.8 Å². The van der Waals surface area contributed by atoms with Crippen molar-refractivity contribution in [3.63, 3.8) is 0 Å². The van der Waals surface area contributed by atoms with Gasteiger partial charge in [0.1, 0.15) is 24.4 Å². The summed E-state index contributed by atoms with van der Waals surface area (Å²) in [5.41, 5.74) is 4.12. The van der Waals surface area contributed by atoms with Crippen LogP contribution >= 0.6 is 12.2 Å². The predicted molar refractivity (Wildman–Crippen MR) is 182 cm³/mol. The van der Waals surface area contributed by atoms with Crippen molar-refractivity contribution >= 4 is 17.4 Å². The van der Waals surface area contributed by atoms with Gasteiger partial charge in [0.05, 0.1) is 33.0 Å². The number of nitrogens with one attached hydrogen (secondary N) is 1. The Bertz CT molecular complexity index is 1440. The second-order valence-electron chi connectivity index (χ2n) is 10.9. The maximum absolute atomic E-state index is 6.71. The lowest BCUT2D eigenvalue weighted by Crippen LogP contribution is -2.62. The SMILES string of the molecule is C=CCNC(=S)O[C@@H]1O[C@H](COCc2ccccc2)[C@@H](OCc2ccccc2)[C@H](OCc2ccccc2)[C@H]1OCc1ccccc1. The summed E-state index contributed by atoms with van der Waals surface area (Å²) in [7, 11) is 0. The normalized spacial score (nSPS) is 20.9. The molecule has 46 heavy (non-hydrogen) atoms. The number of hydrogen-bond donors (Lipinski definition) is 1. The van der Waals surface area contributed by atoms with Gasteiger partial charge >= 0.3 is 0 Å². The molecule has 1 aliphatic heterocycles. The van der Waals surface area contributed by atoms with Crippen LogP contribution in [0.2, 0.25) is 0 Å². The van der Waals surface area contributed by atoms with Crippen molar-refractivity contribution in [1.29, 1.82) is 0 Å². The topological polar surface area (TPSA) is 67.4 Å². The van der Waals surface area contributed by atoms with E-state index in [2.05, 4.69) is 11.9 Å². The van der Waals surface area contributed by atoms with Crippen LogP contribution < -0.4 is 5.32 Å². The summed E-state index contributed by atoms with van der Waals surface area (Å²) >= 11 is 5.53. The van der Waals surface area contributed by atoms with Gasteiger partial charge in [-0.25, -0.2) is 0 Å². The summed E-state index contributed by atoms with van der Waals surface area (Å²) in [4.78, 5) is 0. The lowest BCUT2D eigenvalue weighted by molar-refractivity contribution is -0.313. The number of rotatable bonds is 16. The van der Waals surface area contributed by atoms with Crippen LogP contribution in [0.3, 0.4) is 0 Å². The van der Waals surface area contributed by atoms with Crippen LogP contribution in [-0.4, -0.2) is 49.0 Å². The van der Waals surface area contributed by atoms with Gasteiger partial charge in [0.25, 0.3) is 5.17 Å². The second-order valence-corrected chi connectivity index (χ2v) is 11.3. The van der Waals surface area contributed by atoms with Crippen LogP contribution in [0.1, 0.15) is 22.3 Å². The number of thiocarbonyl (C=S) groups is 1. The number of hydrogen-bond acceptors (Lipinski definition) is 7. The van der Waals surface area contributed by atoms with Gasteiger partial charge in [-0.3, -0.25) is 0 Å². The second kappa shape index (κ2) is 18.3. The van der Waals surface area contributed by atoms with E-state index in [1.54, 1.807) is 6.08 Å². The minimum atomic E-state index is -0.906. The van der Waals surface area contributed by atoms with Crippen molar-refractivity contribution < 1.29 is 28.4 Å². The molecule has 0 spiro atoms. The molecular weight excluding hydrogens is 598 g/mol. The highest BCUT2D eigenvalue weighted by molar-refractivity contribution is 7.80. The van der Waals surface area contributed by atoms with Gasteiger partial charge in [-0.2, -0.15) is 0 Å². The largest absolute Gasteiger partial charge is 0.438 e. The molecule has 1 N–H and O–H groups in total. The van der Waals surface area contributed by atoms with E-state index < -0.39 is 30.7 Å². The first-order valence-electron chi connectivity index (χ1n) is 15.5. The summed E-state index contributed by atoms with van der Waals surface area (Å²) < 4.78 is 39.0. The zero-order valence-electron chi connectivity index (χ0n) is 25.8. The van der Waals surface area contributed by atoms with Gasteiger partial charge < -0.3 is 33.7 Å². The van der Waals surface area contributed by atoms with Crippen molar-refractivity contribution in [1.82, 2.24) is 5.32 Å². The zero-order valence-corrected chi connectivity index (χ0v) is 26.6. The smallest absolute Gasteiger partial charge is 0.259 e. The monoisotopic (exact) mass is 639 g/mol. The lowest BCUT2D eigenvalue weighted by Gasteiger charge is -2.45. The summed E-state index contributed by atoms with van der Waals surface area (Å²) in [5.74, 6) is 0. The van der Waals surface area contributed by atoms with E-state index in [0.29, 0.717) is 33.0 Å². The van der Waals surface area contributed by atoms with Gasteiger partial charge in [-0.1, -0.05) is 127 Å². The van der Waals surface area contributed by atoms with E-state index in [4.69, 9.17) is 40.6 Å². The molecular formula is C38H41NO6S. The van der Waals surface area contributed by atoms with Crippen LogP contribution in [0, 0.1) is 0 Å². The zero-order chi connectivity index (χ0) is 31.8. The standard InChI is InChI=1S/C38H41NO6S/c1-2-23-39-38(46)45-37-36(43-27-32-21-13-6-14-22-32)35(42-26-31-19-11-5-12-20-31)34(41-25-30-17-9-4-10-18-30)33(44-37)28-40-24-29-15-7-3-8-16-29/h2-22,33-37H,1,23-28H2,(H,39,46)/t33-,34-,35+,36-,37+/m1/s1. The maximum Gasteiger partial charge on any atom is 0.259 e. The average molecular weight is 640 g/mol. The molecule has 1 fully saturated rings. The minimum Gasteiger partial charge on any atom is -0.438 e. The Balaban J connectivity index is 1.44. The van der Waals surface area contributed by atoms with Crippen molar-refractivity contribution in [2.75, 3.05) is 13.2 Å². The van der Waals surface area contributed by atoms with Crippen LogP contribution in [0.15, 0.2) is 134 Å². The Hall–Kier alpha value is -3.89. The van der Waals surface area contributed by atoms with E-state index in [9.17, 15) is 0 Å². The molecule has 5 atom stereocenters. The fraction of sp³-hybridized carbons (Fsp3) is 0.289. The molecule has 240 valence electrons. The van der Waals surface area contributed by atoms with Crippen molar-refractivity contribution in [3.05, 3.63) is 156 Å². The quantitative estimate of drug-likeness (QED) is 0.107. The molecule has 5 rings (SSSR count). The number of benzene rings is 4. The first-order chi connectivity index (χ1) is 22.7. The molecule has 0 amide bonds. The molecule has 4 aromatic rings. The molecule has 1 saturated heterocycles. The maximum atomic E-state index is 6.71. The third-order valence-corrected chi connectivity index (χ3v) is 7.70. The van der Waals surface area contributed by atoms with E-state index in [0.717, 1.165) is 22.3 Å². The summed E-state index contributed by atoms with van der Waals surface area (Å²) in [5, 5.41) is 3.21.